The molecule has 0 unspecified atom stereocenters. The first-order valence-corrected chi connectivity index (χ1v) is 6.79. The van der Waals surface area contributed by atoms with E-state index in [2.05, 4.69) is 41.6 Å². The molecule has 7 nitrogen and oxygen atoms in total. The van der Waals surface area contributed by atoms with Crippen LogP contribution in [-0.4, -0.2) is 29.0 Å². The van der Waals surface area contributed by atoms with Crippen LogP contribution in [0.2, 0.25) is 5.02 Å². The van der Waals surface area contributed by atoms with Gasteiger partial charge in [0.05, 0.1) is 10.7 Å². The van der Waals surface area contributed by atoms with Gasteiger partial charge in [-0.25, -0.2) is 5.84 Å². The van der Waals surface area contributed by atoms with E-state index < -0.39 is 0 Å². The number of aromatic nitrogens is 3. The van der Waals surface area contributed by atoms with E-state index in [1.165, 1.54) is 0 Å². The summed E-state index contributed by atoms with van der Waals surface area (Å²) in [6.07, 6.45) is 0. The van der Waals surface area contributed by atoms with Crippen molar-refractivity contribution in [2.24, 2.45) is 5.84 Å². The van der Waals surface area contributed by atoms with Gasteiger partial charge >= 0.3 is 0 Å². The predicted molar refractivity (Wildman–Crippen MR) is 84.4 cm³/mol. The third kappa shape index (κ3) is 3.47. The maximum Gasteiger partial charge on any atom is 0.243 e. The Bertz CT molecular complexity index is 620. The molecular weight excluding hydrogens is 346 g/mol. The fraction of sp³-hybridized carbons (Fsp3) is 0.182. The summed E-state index contributed by atoms with van der Waals surface area (Å²) >= 11 is 9.49. The lowest BCUT2D eigenvalue weighted by atomic mass is 10.3. The van der Waals surface area contributed by atoms with E-state index in [-0.39, 0.29) is 5.95 Å². The van der Waals surface area contributed by atoms with Crippen LogP contribution in [0.4, 0.5) is 23.5 Å². The van der Waals surface area contributed by atoms with Crippen molar-refractivity contribution < 1.29 is 0 Å². The molecule has 20 heavy (non-hydrogen) atoms. The predicted octanol–water partition coefficient (Wildman–Crippen LogP) is 2.38. The van der Waals surface area contributed by atoms with Gasteiger partial charge in [-0.3, -0.25) is 5.43 Å². The number of hydrogen-bond donors (Lipinski definition) is 3. The molecule has 0 atom stereocenters. The van der Waals surface area contributed by atoms with Gasteiger partial charge in [-0.1, -0.05) is 27.5 Å². The second kappa shape index (κ2) is 6.21. The summed E-state index contributed by atoms with van der Waals surface area (Å²) in [4.78, 5) is 14.3. The van der Waals surface area contributed by atoms with Crippen molar-refractivity contribution in [3.63, 3.8) is 0 Å². The van der Waals surface area contributed by atoms with Gasteiger partial charge < -0.3 is 10.2 Å². The normalized spacial score (nSPS) is 10.2. The quantitative estimate of drug-likeness (QED) is 0.571. The van der Waals surface area contributed by atoms with Gasteiger partial charge in [0, 0.05) is 18.6 Å². The second-order valence-corrected chi connectivity index (χ2v) is 5.39. The van der Waals surface area contributed by atoms with Gasteiger partial charge in [0.2, 0.25) is 17.8 Å². The number of hydrogen-bond acceptors (Lipinski definition) is 7. The van der Waals surface area contributed by atoms with Crippen LogP contribution in [-0.2, 0) is 0 Å². The molecule has 0 aliphatic carbocycles. The third-order valence-corrected chi connectivity index (χ3v) is 3.14. The zero-order chi connectivity index (χ0) is 14.7. The largest absolute Gasteiger partial charge is 0.347 e. The van der Waals surface area contributed by atoms with Crippen LogP contribution in [0.5, 0.6) is 0 Å². The van der Waals surface area contributed by atoms with E-state index >= 15 is 0 Å². The van der Waals surface area contributed by atoms with Crippen molar-refractivity contribution in [2.45, 2.75) is 0 Å². The van der Waals surface area contributed by atoms with E-state index in [0.717, 1.165) is 4.47 Å². The van der Waals surface area contributed by atoms with Crippen LogP contribution in [0.3, 0.4) is 0 Å². The summed E-state index contributed by atoms with van der Waals surface area (Å²) in [5.74, 6) is 6.44. The van der Waals surface area contributed by atoms with Crippen molar-refractivity contribution in [2.75, 3.05) is 29.7 Å². The number of nitrogens with zero attached hydrogens (tertiary/aromatic N) is 4. The SMILES string of the molecule is CN(C)c1nc(NN)nc(Nc2ccc(Br)cc2Cl)n1. The van der Waals surface area contributed by atoms with E-state index in [1.54, 1.807) is 11.0 Å². The molecule has 1 aromatic carbocycles. The van der Waals surface area contributed by atoms with Crippen LogP contribution in [0.1, 0.15) is 0 Å². The Morgan fingerprint density at radius 2 is 1.90 bits per heavy atom. The lowest BCUT2D eigenvalue weighted by molar-refractivity contribution is 0.957. The molecule has 2 rings (SSSR count). The minimum atomic E-state index is 0.263. The molecule has 106 valence electrons. The molecule has 9 heteroatoms. The molecule has 1 heterocycles. The minimum absolute atomic E-state index is 0.263. The van der Waals surface area contributed by atoms with Crippen molar-refractivity contribution in [1.82, 2.24) is 15.0 Å². The molecular formula is C11H13BrClN7. The average molecular weight is 359 g/mol. The summed E-state index contributed by atoms with van der Waals surface area (Å²) in [7, 11) is 3.65. The molecule has 0 aliphatic rings. The lowest BCUT2D eigenvalue weighted by Gasteiger charge is -2.13. The highest BCUT2D eigenvalue weighted by molar-refractivity contribution is 9.10. The van der Waals surface area contributed by atoms with E-state index in [0.29, 0.717) is 22.6 Å². The smallest absolute Gasteiger partial charge is 0.243 e. The number of hydrazine groups is 1. The van der Waals surface area contributed by atoms with Crippen LogP contribution < -0.4 is 21.5 Å². The fourth-order valence-electron chi connectivity index (χ4n) is 1.40. The Labute approximate surface area is 129 Å². The molecule has 2 aromatic rings. The molecule has 0 fully saturated rings. The first-order chi connectivity index (χ1) is 9.49. The molecule has 0 saturated carbocycles. The van der Waals surface area contributed by atoms with Crippen molar-refractivity contribution >= 4 is 51.1 Å². The molecule has 0 bridgehead atoms. The Morgan fingerprint density at radius 1 is 1.20 bits per heavy atom. The van der Waals surface area contributed by atoms with Crippen molar-refractivity contribution in [1.29, 1.82) is 0 Å². The van der Waals surface area contributed by atoms with Crippen molar-refractivity contribution in [3.8, 4) is 0 Å². The molecule has 1 aromatic heterocycles. The number of rotatable bonds is 4. The van der Waals surface area contributed by atoms with Crippen LogP contribution in [0.15, 0.2) is 22.7 Å². The number of benzene rings is 1. The molecule has 0 spiro atoms. The molecule has 4 N–H and O–H groups in total. The second-order valence-electron chi connectivity index (χ2n) is 4.07. The molecule has 0 saturated heterocycles. The first-order valence-electron chi connectivity index (χ1n) is 5.61. The highest BCUT2D eigenvalue weighted by Crippen LogP contribution is 2.27. The average Bonchev–Trinajstić information content (AvgIpc) is 2.41. The summed E-state index contributed by atoms with van der Waals surface area (Å²) in [5, 5.41) is 3.58. The summed E-state index contributed by atoms with van der Waals surface area (Å²) in [6.45, 7) is 0. The van der Waals surface area contributed by atoms with Crippen molar-refractivity contribution in [3.05, 3.63) is 27.7 Å². The minimum Gasteiger partial charge on any atom is -0.347 e. The Morgan fingerprint density at radius 3 is 2.50 bits per heavy atom. The Kier molecular flexibility index (Phi) is 4.58. The van der Waals surface area contributed by atoms with Gasteiger partial charge in [-0.2, -0.15) is 15.0 Å². The maximum atomic E-state index is 6.14. The van der Waals surface area contributed by atoms with Crippen LogP contribution in [0.25, 0.3) is 0 Å². The van der Waals surface area contributed by atoms with Crippen LogP contribution in [0, 0.1) is 0 Å². The number of halogens is 2. The standard InChI is InChI=1S/C11H13BrClN7/c1-20(2)11-17-9(16-10(18-11)19-14)15-8-4-3-6(12)5-7(8)13/h3-5H,14H2,1-2H3,(H2,15,16,17,18,19). The van der Waals surface area contributed by atoms with E-state index in [9.17, 15) is 0 Å². The number of anilines is 4. The van der Waals surface area contributed by atoms with Gasteiger partial charge in [0.25, 0.3) is 0 Å². The topological polar surface area (TPSA) is 92.0 Å². The third-order valence-electron chi connectivity index (χ3n) is 2.33. The van der Waals surface area contributed by atoms with E-state index in [1.807, 2.05) is 26.2 Å². The number of nitrogens with two attached hydrogens (primary N) is 1. The monoisotopic (exact) mass is 357 g/mol. The lowest BCUT2D eigenvalue weighted by Crippen LogP contribution is -2.18. The molecule has 0 aliphatic heterocycles. The van der Waals surface area contributed by atoms with Gasteiger partial charge in [0.15, 0.2) is 0 Å². The first kappa shape index (κ1) is 14.8. The molecule has 0 amide bonds. The van der Waals surface area contributed by atoms with Gasteiger partial charge in [-0.05, 0) is 18.2 Å². The maximum absolute atomic E-state index is 6.14. The summed E-state index contributed by atoms with van der Waals surface area (Å²) in [5.41, 5.74) is 3.09. The summed E-state index contributed by atoms with van der Waals surface area (Å²) < 4.78 is 0.891. The van der Waals surface area contributed by atoms with Gasteiger partial charge in [0.1, 0.15) is 0 Å². The Hall–Kier alpha value is -1.64. The highest BCUT2D eigenvalue weighted by Gasteiger charge is 2.09. The number of nitrogen functional groups attached to an aromatic ring is 1. The van der Waals surface area contributed by atoms with Gasteiger partial charge in [-0.15, -0.1) is 0 Å². The fourth-order valence-corrected chi connectivity index (χ4v) is 2.12. The summed E-state index contributed by atoms with van der Waals surface area (Å²) in [6, 6.07) is 5.46. The van der Waals surface area contributed by atoms with Crippen LogP contribution >= 0.6 is 27.5 Å². The zero-order valence-electron chi connectivity index (χ0n) is 10.9. The zero-order valence-corrected chi connectivity index (χ0v) is 13.2. The van der Waals surface area contributed by atoms with E-state index in [4.69, 9.17) is 17.4 Å². The highest BCUT2D eigenvalue weighted by atomic mass is 79.9. The number of nitrogens with one attached hydrogen (secondary N) is 2. The molecule has 0 radical (unpaired) electrons. The Balaban J connectivity index is 2.34.